The second-order valence-corrected chi connectivity index (χ2v) is 5.21. The molecular formula is C12H18N4OS. The first-order valence-corrected chi connectivity index (χ1v) is 6.87. The van der Waals surface area contributed by atoms with E-state index in [0.717, 1.165) is 30.2 Å². The molecule has 18 heavy (non-hydrogen) atoms. The van der Waals surface area contributed by atoms with Crippen molar-refractivity contribution in [2.45, 2.75) is 13.0 Å². The third kappa shape index (κ3) is 3.16. The number of hydrogen-bond donors (Lipinski definition) is 1. The third-order valence-corrected chi connectivity index (χ3v) is 3.51. The quantitative estimate of drug-likeness (QED) is 0.786. The Morgan fingerprint density at radius 1 is 1.56 bits per heavy atom. The summed E-state index contributed by atoms with van der Waals surface area (Å²) in [5.41, 5.74) is 0.842. The summed E-state index contributed by atoms with van der Waals surface area (Å²) >= 11 is 1.49. The van der Waals surface area contributed by atoms with Crippen molar-refractivity contribution in [2.75, 3.05) is 27.2 Å². The fourth-order valence-electron chi connectivity index (χ4n) is 1.85. The zero-order valence-corrected chi connectivity index (χ0v) is 11.5. The van der Waals surface area contributed by atoms with Crippen LogP contribution in [-0.4, -0.2) is 41.5 Å². The van der Waals surface area contributed by atoms with E-state index in [0.29, 0.717) is 6.54 Å². The second kappa shape index (κ2) is 6.08. The van der Waals surface area contributed by atoms with Crippen LogP contribution < -0.4 is 10.9 Å². The Bertz CT molecular complexity index is 562. The van der Waals surface area contributed by atoms with Crippen molar-refractivity contribution in [2.24, 2.45) is 0 Å². The molecule has 0 saturated carbocycles. The Morgan fingerprint density at radius 2 is 2.39 bits per heavy atom. The fourth-order valence-corrected chi connectivity index (χ4v) is 2.59. The summed E-state index contributed by atoms with van der Waals surface area (Å²) < 4.78 is 1.58. The van der Waals surface area contributed by atoms with Gasteiger partial charge in [-0.15, -0.1) is 11.3 Å². The number of fused-ring (bicyclic) bond motifs is 1. The summed E-state index contributed by atoms with van der Waals surface area (Å²) in [6, 6.07) is 1.62. The van der Waals surface area contributed by atoms with Crippen LogP contribution in [0.15, 0.2) is 22.4 Å². The average molecular weight is 266 g/mol. The highest BCUT2D eigenvalue weighted by molar-refractivity contribution is 7.15. The van der Waals surface area contributed by atoms with Gasteiger partial charge in [0.15, 0.2) is 4.96 Å². The Kier molecular flexibility index (Phi) is 4.46. The lowest BCUT2D eigenvalue weighted by Gasteiger charge is -2.15. The molecule has 2 heterocycles. The lowest BCUT2D eigenvalue weighted by molar-refractivity contribution is 0.317. The molecule has 6 heteroatoms. The van der Waals surface area contributed by atoms with Gasteiger partial charge in [-0.25, -0.2) is 4.98 Å². The fraction of sp³-hybridized carbons (Fsp3) is 0.500. The van der Waals surface area contributed by atoms with Crippen LogP contribution in [0.2, 0.25) is 0 Å². The smallest absolute Gasteiger partial charge is 0.258 e. The van der Waals surface area contributed by atoms with Crippen molar-refractivity contribution >= 4 is 16.3 Å². The molecule has 0 unspecified atom stereocenters. The van der Waals surface area contributed by atoms with Crippen molar-refractivity contribution in [1.82, 2.24) is 19.6 Å². The Hall–Kier alpha value is -1.24. The summed E-state index contributed by atoms with van der Waals surface area (Å²) in [7, 11) is 4.00. The number of nitrogens with one attached hydrogen (secondary N) is 1. The molecule has 0 saturated heterocycles. The van der Waals surface area contributed by atoms with Gasteiger partial charge in [-0.05, 0) is 33.6 Å². The van der Waals surface area contributed by atoms with E-state index in [4.69, 9.17) is 0 Å². The Morgan fingerprint density at radius 3 is 3.17 bits per heavy atom. The van der Waals surface area contributed by atoms with Gasteiger partial charge in [0.1, 0.15) is 0 Å². The molecule has 98 valence electrons. The molecule has 5 nitrogen and oxygen atoms in total. The van der Waals surface area contributed by atoms with Gasteiger partial charge in [-0.2, -0.15) is 0 Å². The molecule has 0 bridgehead atoms. The van der Waals surface area contributed by atoms with Crippen LogP contribution >= 0.6 is 11.3 Å². The summed E-state index contributed by atoms with van der Waals surface area (Å²) in [5, 5.41) is 5.00. The molecule has 0 aliphatic heterocycles. The van der Waals surface area contributed by atoms with Gasteiger partial charge < -0.3 is 10.2 Å². The van der Waals surface area contributed by atoms with Crippen molar-refractivity contribution in [1.29, 1.82) is 0 Å². The minimum atomic E-state index is -0.000116. The molecule has 0 amide bonds. The first kappa shape index (κ1) is 13.2. The van der Waals surface area contributed by atoms with Gasteiger partial charge in [0.25, 0.3) is 5.56 Å². The molecule has 2 aromatic rings. The van der Waals surface area contributed by atoms with Crippen LogP contribution in [0.1, 0.15) is 12.1 Å². The van der Waals surface area contributed by atoms with Crippen LogP contribution in [-0.2, 0) is 6.54 Å². The minimum absolute atomic E-state index is 0.000116. The van der Waals surface area contributed by atoms with E-state index in [-0.39, 0.29) is 5.56 Å². The Labute approximate surface area is 110 Å². The maximum absolute atomic E-state index is 11.8. The van der Waals surface area contributed by atoms with Crippen molar-refractivity contribution in [3.05, 3.63) is 33.7 Å². The van der Waals surface area contributed by atoms with E-state index in [1.54, 1.807) is 16.7 Å². The summed E-state index contributed by atoms with van der Waals surface area (Å²) in [6.07, 6.45) is 2.85. The van der Waals surface area contributed by atoms with E-state index >= 15 is 0 Å². The number of nitrogens with zero attached hydrogens (tertiary/aromatic N) is 3. The van der Waals surface area contributed by atoms with Crippen molar-refractivity contribution < 1.29 is 0 Å². The monoisotopic (exact) mass is 266 g/mol. The highest BCUT2D eigenvalue weighted by Gasteiger charge is 2.05. The molecule has 2 aromatic heterocycles. The lowest BCUT2D eigenvalue weighted by Crippen LogP contribution is -2.24. The van der Waals surface area contributed by atoms with Crippen LogP contribution in [0, 0.1) is 0 Å². The predicted molar refractivity (Wildman–Crippen MR) is 74.2 cm³/mol. The molecule has 0 spiro atoms. The normalized spacial score (nSPS) is 11.5. The molecule has 0 aromatic carbocycles. The number of rotatable bonds is 6. The van der Waals surface area contributed by atoms with Crippen LogP contribution in [0.5, 0.6) is 0 Å². The third-order valence-electron chi connectivity index (χ3n) is 2.75. The number of hydrogen-bond acceptors (Lipinski definition) is 5. The maximum Gasteiger partial charge on any atom is 0.258 e. The average Bonchev–Trinajstić information content (AvgIpc) is 2.78. The van der Waals surface area contributed by atoms with Crippen LogP contribution in [0.4, 0.5) is 0 Å². The van der Waals surface area contributed by atoms with Gasteiger partial charge in [-0.3, -0.25) is 9.20 Å². The van der Waals surface area contributed by atoms with Crippen molar-refractivity contribution in [3.63, 3.8) is 0 Å². The topological polar surface area (TPSA) is 49.6 Å². The molecule has 0 aliphatic rings. The zero-order chi connectivity index (χ0) is 13.0. The largest absolute Gasteiger partial charge is 0.320 e. The molecular weight excluding hydrogens is 248 g/mol. The summed E-state index contributed by atoms with van der Waals surface area (Å²) in [6.45, 7) is 2.71. The lowest BCUT2D eigenvalue weighted by atomic mass is 10.3. The molecule has 0 fully saturated rings. The maximum atomic E-state index is 11.8. The Balaban J connectivity index is 2.05. The van der Waals surface area contributed by atoms with Gasteiger partial charge in [-0.1, -0.05) is 0 Å². The molecule has 0 radical (unpaired) electrons. The van der Waals surface area contributed by atoms with Gasteiger partial charge >= 0.3 is 0 Å². The molecule has 0 atom stereocenters. The van der Waals surface area contributed by atoms with Crippen molar-refractivity contribution in [3.8, 4) is 0 Å². The van der Waals surface area contributed by atoms with Crippen LogP contribution in [0.25, 0.3) is 4.96 Å². The van der Waals surface area contributed by atoms with E-state index < -0.39 is 0 Å². The zero-order valence-electron chi connectivity index (χ0n) is 10.7. The van der Waals surface area contributed by atoms with E-state index in [9.17, 15) is 4.79 Å². The predicted octanol–water partition coefficient (Wildman–Crippen LogP) is 0.797. The second-order valence-electron chi connectivity index (χ2n) is 4.34. The van der Waals surface area contributed by atoms with Gasteiger partial charge in [0.2, 0.25) is 0 Å². The summed E-state index contributed by atoms with van der Waals surface area (Å²) in [5.74, 6) is 0. The first-order chi connectivity index (χ1) is 8.70. The van der Waals surface area contributed by atoms with E-state index in [1.807, 2.05) is 19.5 Å². The SMILES string of the molecule is CNCCCN(C)Cc1cc(=O)n2ccsc2n1. The van der Waals surface area contributed by atoms with Gasteiger partial charge in [0, 0.05) is 24.2 Å². The van der Waals surface area contributed by atoms with Crippen LogP contribution in [0.3, 0.4) is 0 Å². The summed E-state index contributed by atoms with van der Waals surface area (Å²) in [4.78, 5) is 19.2. The highest BCUT2D eigenvalue weighted by atomic mass is 32.1. The molecule has 0 aliphatic carbocycles. The number of aromatic nitrogens is 2. The standard InChI is InChI=1S/C12H18N4OS/c1-13-4-3-5-15(2)9-10-8-11(17)16-6-7-18-12(16)14-10/h6-8,13H,3-5,9H2,1-2H3. The molecule has 1 N–H and O–H groups in total. The first-order valence-electron chi connectivity index (χ1n) is 5.99. The highest BCUT2D eigenvalue weighted by Crippen LogP contribution is 2.07. The van der Waals surface area contributed by atoms with E-state index in [1.165, 1.54) is 11.3 Å². The van der Waals surface area contributed by atoms with Gasteiger partial charge in [0.05, 0.1) is 5.69 Å². The molecule has 2 rings (SSSR count). The number of thiazole rings is 1. The van der Waals surface area contributed by atoms with E-state index in [2.05, 4.69) is 15.2 Å². The minimum Gasteiger partial charge on any atom is -0.320 e.